The van der Waals surface area contributed by atoms with E-state index in [1.807, 2.05) is 36.4 Å². The van der Waals surface area contributed by atoms with Gasteiger partial charge in [-0.3, -0.25) is 14.4 Å². The first-order valence-electron chi connectivity index (χ1n) is 12.7. The molecule has 0 radical (unpaired) electrons. The zero-order valence-corrected chi connectivity index (χ0v) is 22.7. The number of esters is 1. The van der Waals surface area contributed by atoms with Crippen molar-refractivity contribution in [3.05, 3.63) is 71.8 Å². The normalized spacial score (nSPS) is 30.4. The van der Waals surface area contributed by atoms with E-state index in [1.165, 1.54) is 7.11 Å². The van der Waals surface area contributed by atoms with Crippen LogP contribution in [0.2, 0.25) is 0 Å². The van der Waals surface area contributed by atoms with E-state index in [2.05, 4.69) is 15.8 Å². The van der Waals surface area contributed by atoms with Crippen molar-refractivity contribution in [2.24, 2.45) is 17.0 Å². The molecule has 6 atom stereocenters. The van der Waals surface area contributed by atoms with Gasteiger partial charge in [0.25, 0.3) is 11.8 Å². The maximum atomic E-state index is 13.5. The number of fused-ring (bicyclic) bond motifs is 4. The summed E-state index contributed by atoms with van der Waals surface area (Å²) in [7, 11) is 1.39. The summed E-state index contributed by atoms with van der Waals surface area (Å²) >= 11 is 3.47. The molecule has 2 amide bonds. The van der Waals surface area contributed by atoms with E-state index in [0.717, 1.165) is 6.42 Å². The van der Waals surface area contributed by atoms with Gasteiger partial charge in [-0.2, -0.15) is 11.8 Å². The van der Waals surface area contributed by atoms with Crippen LogP contribution in [0.25, 0.3) is 0 Å². The van der Waals surface area contributed by atoms with Crippen molar-refractivity contribution in [2.45, 2.75) is 41.3 Å². The molecule has 3 fully saturated rings. The van der Waals surface area contributed by atoms with Crippen LogP contribution in [-0.2, 0) is 9.53 Å². The van der Waals surface area contributed by atoms with Gasteiger partial charge >= 0.3 is 5.97 Å². The SMILES string of the molecule is COC(=O)CCC[C@H]1[C@@H]2SC[C@@H](NC(=O)c3ccccc3)[C@H]2[C@@]2(NC(=O)c3ccccc3)CS[C@H]1/C2=N/O. The highest BCUT2D eigenvalue weighted by Crippen LogP contribution is 2.57. The van der Waals surface area contributed by atoms with Gasteiger partial charge in [0, 0.05) is 46.3 Å². The number of rotatable bonds is 8. The second-order valence-electron chi connectivity index (χ2n) is 9.91. The standard InChI is InChI=1S/C28H31N3O5S2/c1-36-21(32)14-8-13-19-23-22(20(15-37-23)29-26(33)17-9-4-2-5-10-17)28(16-38-24(19)25(28)31-35)30-27(34)18-11-6-3-7-12-18/h2-7,9-12,19-20,22-24,35H,8,13-16H2,1H3,(H,29,33)(H,30,34)/b31-25-/t19-,20+,22+,23-,24+,28-/m0/s1. The lowest BCUT2D eigenvalue weighted by atomic mass is 9.64. The Hall–Kier alpha value is -2.98. The minimum absolute atomic E-state index is 0.0916. The summed E-state index contributed by atoms with van der Waals surface area (Å²) in [6, 6.07) is 17.8. The number of hydrogen-bond acceptors (Lipinski definition) is 8. The maximum absolute atomic E-state index is 13.5. The van der Waals surface area contributed by atoms with Gasteiger partial charge in [0.2, 0.25) is 0 Å². The lowest BCUT2D eigenvalue weighted by molar-refractivity contribution is -0.140. The van der Waals surface area contributed by atoms with Crippen molar-refractivity contribution in [2.75, 3.05) is 18.6 Å². The van der Waals surface area contributed by atoms with E-state index < -0.39 is 5.54 Å². The number of oxime groups is 1. The molecule has 1 aliphatic carbocycles. The average Bonchev–Trinajstić information content (AvgIpc) is 3.50. The van der Waals surface area contributed by atoms with Crippen LogP contribution in [0.1, 0.15) is 40.0 Å². The zero-order chi connectivity index (χ0) is 26.7. The van der Waals surface area contributed by atoms with E-state index in [-0.39, 0.29) is 46.2 Å². The smallest absolute Gasteiger partial charge is 0.305 e. The molecule has 2 saturated heterocycles. The maximum Gasteiger partial charge on any atom is 0.305 e. The number of ether oxygens (including phenoxy) is 1. The van der Waals surface area contributed by atoms with Crippen molar-refractivity contribution in [1.29, 1.82) is 0 Å². The number of benzene rings is 2. The van der Waals surface area contributed by atoms with Crippen LogP contribution in [0.3, 0.4) is 0 Å². The predicted octanol–water partition coefficient (Wildman–Crippen LogP) is 3.60. The summed E-state index contributed by atoms with van der Waals surface area (Å²) in [5.41, 5.74) is 0.750. The molecular weight excluding hydrogens is 522 g/mol. The van der Waals surface area contributed by atoms with Crippen LogP contribution >= 0.6 is 23.5 Å². The molecule has 10 heteroatoms. The molecule has 3 aliphatic rings. The third-order valence-electron chi connectivity index (χ3n) is 7.83. The molecule has 3 N–H and O–H groups in total. The van der Waals surface area contributed by atoms with E-state index in [9.17, 15) is 19.6 Å². The van der Waals surface area contributed by atoms with Crippen LogP contribution in [0.4, 0.5) is 0 Å². The first kappa shape index (κ1) is 26.6. The molecule has 2 heterocycles. The minimum atomic E-state index is -0.904. The zero-order valence-electron chi connectivity index (χ0n) is 21.0. The molecule has 38 heavy (non-hydrogen) atoms. The average molecular weight is 554 g/mol. The predicted molar refractivity (Wildman–Crippen MR) is 149 cm³/mol. The van der Waals surface area contributed by atoms with Crippen molar-refractivity contribution >= 4 is 47.0 Å². The third kappa shape index (κ3) is 4.91. The Balaban J connectivity index is 1.47. The summed E-state index contributed by atoms with van der Waals surface area (Å²) in [5.74, 6) is 0.508. The van der Waals surface area contributed by atoms with Gasteiger partial charge in [-0.25, -0.2) is 0 Å². The molecule has 2 aliphatic heterocycles. The minimum Gasteiger partial charge on any atom is -0.469 e. The second-order valence-corrected chi connectivity index (χ2v) is 12.3. The molecule has 5 rings (SSSR count). The molecular formula is C28H31N3O5S2. The number of amides is 2. The summed E-state index contributed by atoms with van der Waals surface area (Å²) in [6.45, 7) is 0. The van der Waals surface area contributed by atoms with Crippen molar-refractivity contribution in [1.82, 2.24) is 10.6 Å². The largest absolute Gasteiger partial charge is 0.469 e. The molecule has 2 bridgehead atoms. The molecule has 0 unspecified atom stereocenters. The fraction of sp³-hybridized carbons (Fsp3) is 0.429. The second kappa shape index (κ2) is 11.4. The first-order chi connectivity index (χ1) is 18.5. The lowest BCUT2D eigenvalue weighted by Gasteiger charge is -2.48. The molecule has 2 aromatic rings. The van der Waals surface area contributed by atoms with Crippen LogP contribution in [0, 0.1) is 11.8 Å². The van der Waals surface area contributed by atoms with Crippen molar-refractivity contribution in [3.63, 3.8) is 0 Å². The Morgan fingerprint density at radius 3 is 2.32 bits per heavy atom. The Labute approximate surface area is 230 Å². The number of carbonyl (C=O) groups excluding carboxylic acids is 3. The quantitative estimate of drug-likeness (QED) is 0.260. The summed E-state index contributed by atoms with van der Waals surface area (Å²) in [4.78, 5) is 38.4. The molecule has 8 nitrogen and oxygen atoms in total. The van der Waals surface area contributed by atoms with Crippen LogP contribution < -0.4 is 10.6 Å². The number of methoxy groups -OCH3 is 1. The molecule has 0 aromatic heterocycles. The van der Waals surface area contributed by atoms with Crippen LogP contribution in [0.15, 0.2) is 65.8 Å². The van der Waals surface area contributed by atoms with E-state index >= 15 is 0 Å². The van der Waals surface area contributed by atoms with E-state index in [0.29, 0.717) is 41.2 Å². The highest BCUT2D eigenvalue weighted by Gasteiger charge is 2.66. The van der Waals surface area contributed by atoms with E-state index in [1.54, 1.807) is 47.8 Å². The van der Waals surface area contributed by atoms with Gasteiger partial charge in [0.1, 0.15) is 0 Å². The number of nitrogens with zero attached hydrogens (tertiary/aromatic N) is 1. The number of hydrogen-bond donors (Lipinski definition) is 3. The van der Waals surface area contributed by atoms with E-state index in [4.69, 9.17) is 4.74 Å². The molecule has 1 saturated carbocycles. The highest BCUT2D eigenvalue weighted by molar-refractivity contribution is 8.02. The Morgan fingerprint density at radius 2 is 1.68 bits per heavy atom. The summed E-state index contributed by atoms with van der Waals surface area (Å²) < 4.78 is 4.83. The number of thioether (sulfide) groups is 2. The Morgan fingerprint density at radius 1 is 1.03 bits per heavy atom. The highest BCUT2D eigenvalue weighted by atomic mass is 32.2. The third-order valence-corrected chi connectivity index (χ3v) is 11.0. The van der Waals surface area contributed by atoms with Gasteiger partial charge < -0.3 is 20.6 Å². The first-order valence-corrected chi connectivity index (χ1v) is 14.8. The van der Waals surface area contributed by atoms with Gasteiger partial charge in [-0.05, 0) is 43.0 Å². The summed E-state index contributed by atoms with van der Waals surface area (Å²) in [6.07, 6.45) is 1.73. The van der Waals surface area contributed by atoms with Gasteiger partial charge in [-0.15, -0.1) is 11.8 Å². The molecule has 0 spiro atoms. The lowest BCUT2D eigenvalue weighted by Crippen LogP contribution is -2.69. The van der Waals surface area contributed by atoms with Gasteiger partial charge in [0.05, 0.1) is 23.6 Å². The summed E-state index contributed by atoms with van der Waals surface area (Å²) in [5, 5.41) is 20.6. The topological polar surface area (TPSA) is 117 Å². The van der Waals surface area contributed by atoms with Crippen LogP contribution in [-0.4, -0.2) is 69.4 Å². The monoisotopic (exact) mass is 553 g/mol. The molecule has 200 valence electrons. The number of carbonyl (C=O) groups is 3. The molecule has 2 aromatic carbocycles. The number of nitrogens with one attached hydrogen (secondary N) is 2. The van der Waals surface area contributed by atoms with Crippen LogP contribution in [0.5, 0.6) is 0 Å². The Kier molecular flexibility index (Phi) is 7.99. The fourth-order valence-corrected chi connectivity index (χ4v) is 9.94. The fourth-order valence-electron chi connectivity index (χ4n) is 6.12. The Bertz CT molecular complexity index is 1210. The van der Waals surface area contributed by atoms with Gasteiger partial charge in [-0.1, -0.05) is 41.6 Å². The van der Waals surface area contributed by atoms with Crippen molar-refractivity contribution < 1.29 is 24.3 Å². The van der Waals surface area contributed by atoms with Crippen molar-refractivity contribution in [3.8, 4) is 0 Å². The van der Waals surface area contributed by atoms with Gasteiger partial charge in [0.15, 0.2) is 0 Å².